The molecule has 15 heavy (non-hydrogen) atoms. The number of carboxylic acid groups (broad SMARTS) is 1. The number of hydrogen-bond donors (Lipinski definition) is 3. The highest BCUT2D eigenvalue weighted by Crippen LogP contribution is 1.99. The third-order valence-corrected chi connectivity index (χ3v) is 1.73. The van der Waals surface area contributed by atoms with E-state index in [0.717, 1.165) is 0 Å². The summed E-state index contributed by atoms with van der Waals surface area (Å²) >= 11 is 0. The fraction of sp³-hybridized carbons (Fsp3) is 0.333. The first kappa shape index (κ1) is 11.3. The molecule has 1 atom stereocenters. The molecule has 6 heteroatoms. The van der Waals surface area contributed by atoms with Crippen molar-refractivity contribution in [2.45, 2.75) is 12.5 Å². The highest BCUT2D eigenvalue weighted by molar-refractivity contribution is 5.91. The van der Waals surface area contributed by atoms with Gasteiger partial charge >= 0.3 is 5.97 Å². The van der Waals surface area contributed by atoms with Gasteiger partial charge in [-0.1, -0.05) is 0 Å². The van der Waals surface area contributed by atoms with Crippen molar-refractivity contribution in [3.05, 3.63) is 24.2 Å². The number of nitrogens with one attached hydrogen (secondary N) is 1. The molecule has 1 aromatic rings. The monoisotopic (exact) mass is 213 g/mol. The summed E-state index contributed by atoms with van der Waals surface area (Å²) in [6.45, 7) is 0.0764. The van der Waals surface area contributed by atoms with E-state index in [1.165, 1.54) is 12.3 Å². The van der Waals surface area contributed by atoms with E-state index < -0.39 is 18.0 Å². The standard InChI is InChI=1S/C9H11NO5/c11-6(9(13)14)3-4-10-8(12)7-2-1-5-15-7/h1-2,5-6,11H,3-4H2,(H,10,12)(H,13,14). The molecule has 0 aliphatic carbocycles. The van der Waals surface area contributed by atoms with Crippen molar-refractivity contribution >= 4 is 11.9 Å². The summed E-state index contributed by atoms with van der Waals surface area (Å²) in [5.41, 5.74) is 0. The summed E-state index contributed by atoms with van der Waals surface area (Å²) in [4.78, 5) is 21.4. The lowest BCUT2D eigenvalue weighted by Gasteiger charge is -2.05. The van der Waals surface area contributed by atoms with E-state index in [0.29, 0.717) is 0 Å². The molecular formula is C9H11NO5. The summed E-state index contributed by atoms with van der Waals surface area (Å²) in [6.07, 6.45) is -0.134. The largest absolute Gasteiger partial charge is 0.479 e. The van der Waals surface area contributed by atoms with E-state index in [1.807, 2.05) is 0 Å². The molecule has 3 N–H and O–H groups in total. The third-order valence-electron chi connectivity index (χ3n) is 1.73. The first-order valence-corrected chi connectivity index (χ1v) is 4.34. The van der Waals surface area contributed by atoms with Gasteiger partial charge in [0.15, 0.2) is 11.9 Å². The van der Waals surface area contributed by atoms with Gasteiger partial charge in [0.2, 0.25) is 0 Å². The summed E-state index contributed by atoms with van der Waals surface area (Å²) in [5, 5.41) is 19.7. The molecule has 1 amide bonds. The van der Waals surface area contributed by atoms with Crippen molar-refractivity contribution in [1.29, 1.82) is 0 Å². The molecule has 1 rings (SSSR count). The summed E-state index contributed by atoms with van der Waals surface area (Å²) < 4.78 is 4.81. The maximum Gasteiger partial charge on any atom is 0.332 e. The number of hydrogen-bond acceptors (Lipinski definition) is 4. The molecule has 0 aliphatic heterocycles. The summed E-state index contributed by atoms with van der Waals surface area (Å²) in [6, 6.07) is 3.06. The highest BCUT2D eigenvalue weighted by atomic mass is 16.4. The van der Waals surface area contributed by atoms with Crippen LogP contribution in [-0.4, -0.2) is 34.7 Å². The van der Waals surface area contributed by atoms with Crippen LogP contribution in [0.1, 0.15) is 17.0 Å². The Kier molecular flexibility index (Phi) is 3.87. The van der Waals surface area contributed by atoms with Gasteiger partial charge in [-0.05, 0) is 12.1 Å². The normalized spacial score (nSPS) is 12.1. The van der Waals surface area contributed by atoms with Gasteiger partial charge in [-0.25, -0.2) is 4.79 Å². The van der Waals surface area contributed by atoms with Crippen LogP contribution in [0, 0.1) is 0 Å². The van der Waals surface area contributed by atoms with Crippen molar-refractivity contribution in [2.75, 3.05) is 6.54 Å². The lowest BCUT2D eigenvalue weighted by atomic mass is 10.2. The van der Waals surface area contributed by atoms with E-state index in [4.69, 9.17) is 14.6 Å². The van der Waals surface area contributed by atoms with E-state index >= 15 is 0 Å². The molecule has 0 saturated heterocycles. The van der Waals surface area contributed by atoms with E-state index in [2.05, 4.69) is 5.32 Å². The van der Waals surface area contributed by atoms with Crippen molar-refractivity contribution in [3.63, 3.8) is 0 Å². The van der Waals surface area contributed by atoms with Gasteiger partial charge in [-0.2, -0.15) is 0 Å². The second-order valence-corrected chi connectivity index (χ2v) is 2.88. The topological polar surface area (TPSA) is 99.8 Å². The molecule has 0 bridgehead atoms. The molecule has 0 aliphatic rings. The fourth-order valence-electron chi connectivity index (χ4n) is 0.941. The fourth-order valence-corrected chi connectivity index (χ4v) is 0.941. The van der Waals surface area contributed by atoms with Gasteiger partial charge in [0.1, 0.15) is 0 Å². The van der Waals surface area contributed by atoms with Crippen LogP contribution in [0.4, 0.5) is 0 Å². The Balaban J connectivity index is 2.27. The Bertz CT molecular complexity index is 332. The second kappa shape index (κ2) is 5.16. The van der Waals surface area contributed by atoms with Crippen LogP contribution in [0.5, 0.6) is 0 Å². The molecule has 0 spiro atoms. The molecule has 0 aromatic carbocycles. The van der Waals surface area contributed by atoms with E-state index in [9.17, 15) is 9.59 Å². The first-order chi connectivity index (χ1) is 7.11. The van der Waals surface area contributed by atoms with E-state index in [1.54, 1.807) is 6.07 Å². The minimum Gasteiger partial charge on any atom is -0.479 e. The van der Waals surface area contributed by atoms with Gasteiger partial charge in [0.05, 0.1) is 6.26 Å². The molecule has 0 fully saturated rings. The molecule has 0 saturated carbocycles. The zero-order chi connectivity index (χ0) is 11.3. The lowest BCUT2D eigenvalue weighted by Crippen LogP contribution is -2.29. The quantitative estimate of drug-likeness (QED) is 0.631. The van der Waals surface area contributed by atoms with Crippen LogP contribution >= 0.6 is 0 Å². The summed E-state index contributed by atoms with van der Waals surface area (Å²) in [7, 11) is 0. The van der Waals surface area contributed by atoms with Crippen LogP contribution in [0.3, 0.4) is 0 Å². The number of carboxylic acids is 1. The van der Waals surface area contributed by atoms with Gasteiger partial charge in [0.25, 0.3) is 5.91 Å². The Labute approximate surface area is 85.5 Å². The minimum absolute atomic E-state index is 0.0399. The van der Waals surface area contributed by atoms with Crippen molar-refractivity contribution in [2.24, 2.45) is 0 Å². The molecular weight excluding hydrogens is 202 g/mol. The van der Waals surface area contributed by atoms with Crippen LogP contribution in [0.2, 0.25) is 0 Å². The molecule has 1 heterocycles. The first-order valence-electron chi connectivity index (χ1n) is 4.34. The van der Waals surface area contributed by atoms with Crippen LogP contribution in [0.15, 0.2) is 22.8 Å². The number of carbonyl (C=O) groups is 2. The number of rotatable bonds is 5. The predicted octanol–water partition coefficient (Wildman–Crippen LogP) is -0.155. The maximum absolute atomic E-state index is 11.2. The van der Waals surface area contributed by atoms with Crippen molar-refractivity contribution in [3.8, 4) is 0 Å². The van der Waals surface area contributed by atoms with E-state index in [-0.39, 0.29) is 18.7 Å². The average Bonchev–Trinajstić information content (AvgIpc) is 2.70. The number of carbonyl (C=O) groups excluding carboxylic acids is 1. The SMILES string of the molecule is O=C(NCCC(O)C(=O)O)c1ccco1. The van der Waals surface area contributed by atoms with Crippen molar-refractivity contribution in [1.82, 2.24) is 5.32 Å². The van der Waals surface area contributed by atoms with Crippen molar-refractivity contribution < 1.29 is 24.2 Å². The van der Waals surface area contributed by atoms with Gasteiger partial charge in [0, 0.05) is 13.0 Å². The Morgan fingerprint density at radius 3 is 2.80 bits per heavy atom. The molecule has 1 unspecified atom stereocenters. The van der Waals surface area contributed by atoms with Crippen LogP contribution in [-0.2, 0) is 4.79 Å². The molecule has 6 nitrogen and oxygen atoms in total. The Hall–Kier alpha value is -1.82. The minimum atomic E-state index is -1.46. The molecule has 0 radical (unpaired) electrons. The molecule has 82 valence electrons. The zero-order valence-electron chi connectivity index (χ0n) is 7.84. The number of amides is 1. The second-order valence-electron chi connectivity index (χ2n) is 2.88. The van der Waals surface area contributed by atoms with Crippen LogP contribution in [0.25, 0.3) is 0 Å². The summed E-state index contributed by atoms with van der Waals surface area (Å²) in [5.74, 6) is -1.58. The smallest absolute Gasteiger partial charge is 0.332 e. The third kappa shape index (κ3) is 3.43. The average molecular weight is 213 g/mol. The zero-order valence-corrected chi connectivity index (χ0v) is 7.84. The van der Waals surface area contributed by atoms with Gasteiger partial charge < -0.3 is 19.9 Å². The lowest BCUT2D eigenvalue weighted by molar-refractivity contribution is -0.146. The number of aliphatic hydroxyl groups excluding tert-OH is 1. The number of aliphatic carboxylic acids is 1. The Morgan fingerprint density at radius 2 is 2.27 bits per heavy atom. The van der Waals surface area contributed by atoms with Crippen LogP contribution < -0.4 is 5.32 Å². The maximum atomic E-state index is 11.2. The number of aliphatic hydroxyl groups is 1. The predicted molar refractivity (Wildman–Crippen MR) is 49.3 cm³/mol. The highest BCUT2D eigenvalue weighted by Gasteiger charge is 2.13. The molecule has 1 aromatic heterocycles. The Morgan fingerprint density at radius 1 is 1.53 bits per heavy atom. The van der Waals surface area contributed by atoms with Gasteiger partial charge in [-0.15, -0.1) is 0 Å². The van der Waals surface area contributed by atoms with Gasteiger partial charge in [-0.3, -0.25) is 4.79 Å². The number of furan rings is 1.